The predicted octanol–water partition coefficient (Wildman–Crippen LogP) is 1.10. The molecule has 1 aromatic rings. The van der Waals surface area contributed by atoms with Crippen LogP contribution in [-0.4, -0.2) is 34.4 Å². The summed E-state index contributed by atoms with van der Waals surface area (Å²) in [6, 6.07) is 6.34. The summed E-state index contributed by atoms with van der Waals surface area (Å²) < 4.78 is 15.6. The number of carbonyl (C=O) groups is 1. The van der Waals surface area contributed by atoms with Crippen molar-refractivity contribution >= 4 is 19.3 Å². The van der Waals surface area contributed by atoms with Gasteiger partial charge in [0.05, 0.1) is 18.4 Å². The fourth-order valence-electron chi connectivity index (χ4n) is 1.63. The van der Waals surface area contributed by atoms with E-state index in [1.165, 1.54) is 7.11 Å². The summed E-state index contributed by atoms with van der Waals surface area (Å²) in [5, 5.41) is 3.66. The zero-order valence-electron chi connectivity index (χ0n) is 10.0. The van der Waals surface area contributed by atoms with Crippen molar-refractivity contribution in [3.05, 3.63) is 35.4 Å². The molecule has 1 aromatic carbocycles. The second-order valence-electron chi connectivity index (χ2n) is 3.96. The molecule has 8 heteroatoms. The number of ether oxygens (including phenoxy) is 1. The lowest BCUT2D eigenvalue weighted by Crippen LogP contribution is -2.09. The first-order valence-corrected chi connectivity index (χ1v) is 7.06. The molecule has 0 saturated heterocycles. The zero-order chi connectivity index (χ0) is 14.0. The fourth-order valence-corrected chi connectivity index (χ4v) is 2.21. The first kappa shape index (κ1) is 13.7. The van der Waals surface area contributed by atoms with Crippen molar-refractivity contribution in [2.45, 2.75) is 12.3 Å². The van der Waals surface area contributed by atoms with Crippen LogP contribution in [0.4, 0.5) is 0 Å². The summed E-state index contributed by atoms with van der Waals surface area (Å²) in [7, 11) is -3.02. The topological polar surface area (TPSA) is 105 Å². The molecule has 7 nitrogen and oxygen atoms in total. The highest BCUT2D eigenvalue weighted by molar-refractivity contribution is 7.52. The van der Waals surface area contributed by atoms with Crippen molar-refractivity contribution in [1.29, 1.82) is 0 Å². The van der Waals surface area contributed by atoms with Crippen molar-refractivity contribution in [2.75, 3.05) is 7.11 Å². The number of rotatable bonds is 3. The third kappa shape index (κ3) is 3.01. The van der Waals surface area contributed by atoms with Gasteiger partial charge in [-0.3, -0.25) is 4.57 Å². The molecule has 0 radical (unpaired) electrons. The molecule has 0 bridgehead atoms. The molecule has 19 heavy (non-hydrogen) atoms. The maximum Gasteiger partial charge on any atom is 0.368 e. The molecule has 0 saturated carbocycles. The van der Waals surface area contributed by atoms with Crippen LogP contribution in [0.1, 0.15) is 22.3 Å². The van der Waals surface area contributed by atoms with Crippen LogP contribution in [0.15, 0.2) is 29.4 Å². The molecule has 1 heterocycles. The molecule has 0 spiro atoms. The van der Waals surface area contributed by atoms with Gasteiger partial charge in [0.2, 0.25) is 5.85 Å². The van der Waals surface area contributed by atoms with Gasteiger partial charge in [0, 0.05) is 6.42 Å². The van der Waals surface area contributed by atoms with Crippen LogP contribution in [-0.2, 0) is 14.1 Å². The Morgan fingerprint density at radius 1 is 1.42 bits per heavy atom. The number of oxime groups is 1. The molecular formula is C11H12NO6P. The Morgan fingerprint density at radius 3 is 2.53 bits per heavy atom. The van der Waals surface area contributed by atoms with E-state index < -0.39 is 19.4 Å². The van der Waals surface area contributed by atoms with E-state index in [2.05, 4.69) is 9.89 Å². The number of carbonyl (C=O) groups excluding carboxylic acids is 1. The number of hydrogen-bond acceptors (Lipinski definition) is 5. The highest BCUT2D eigenvalue weighted by Gasteiger charge is 2.36. The van der Waals surface area contributed by atoms with E-state index in [1.54, 1.807) is 24.3 Å². The van der Waals surface area contributed by atoms with Crippen LogP contribution < -0.4 is 0 Å². The number of nitrogens with zero attached hydrogens (tertiary/aromatic N) is 1. The molecule has 0 aliphatic carbocycles. The molecule has 102 valence electrons. The largest absolute Gasteiger partial charge is 0.465 e. The van der Waals surface area contributed by atoms with Gasteiger partial charge >= 0.3 is 13.6 Å². The lowest BCUT2D eigenvalue weighted by Gasteiger charge is -2.08. The molecular weight excluding hydrogens is 273 g/mol. The molecule has 0 fully saturated rings. The zero-order valence-corrected chi connectivity index (χ0v) is 10.9. The van der Waals surface area contributed by atoms with Crippen molar-refractivity contribution in [3.8, 4) is 0 Å². The molecule has 1 unspecified atom stereocenters. The highest BCUT2D eigenvalue weighted by Crippen LogP contribution is 2.46. The predicted molar refractivity (Wildman–Crippen MR) is 65.9 cm³/mol. The Morgan fingerprint density at radius 2 is 2.05 bits per heavy atom. The Balaban J connectivity index is 2.13. The van der Waals surface area contributed by atoms with Crippen molar-refractivity contribution < 1.29 is 28.7 Å². The first-order valence-electron chi connectivity index (χ1n) is 5.38. The second-order valence-corrected chi connectivity index (χ2v) is 5.71. The molecule has 0 amide bonds. The van der Waals surface area contributed by atoms with E-state index in [-0.39, 0.29) is 6.42 Å². The number of methoxy groups -OCH3 is 1. The van der Waals surface area contributed by atoms with Crippen molar-refractivity contribution in [2.24, 2.45) is 5.16 Å². The van der Waals surface area contributed by atoms with Crippen LogP contribution in [0.25, 0.3) is 0 Å². The molecule has 0 aromatic heterocycles. The molecule has 1 aliphatic heterocycles. The van der Waals surface area contributed by atoms with Crippen molar-refractivity contribution in [1.82, 2.24) is 0 Å². The second kappa shape index (κ2) is 5.13. The van der Waals surface area contributed by atoms with Gasteiger partial charge in [-0.15, -0.1) is 0 Å². The standard InChI is InChI=1S/C11H12NO6P/c1-17-11(13)8-4-2-7(3-5-8)9-6-10(18-12-9)19(14,15)16/h2-5,10H,6H2,1H3,(H2,14,15,16). The number of esters is 1. The minimum atomic E-state index is -4.31. The average Bonchev–Trinajstić information content (AvgIpc) is 2.87. The summed E-state index contributed by atoms with van der Waals surface area (Å²) >= 11 is 0. The molecule has 1 aliphatic rings. The van der Waals surface area contributed by atoms with Crippen LogP contribution >= 0.6 is 7.60 Å². The van der Waals surface area contributed by atoms with E-state index in [4.69, 9.17) is 14.6 Å². The van der Waals surface area contributed by atoms with Gasteiger partial charge in [-0.05, 0) is 17.7 Å². The summed E-state index contributed by atoms with van der Waals surface area (Å²) in [6.45, 7) is 0. The number of benzene rings is 1. The highest BCUT2D eigenvalue weighted by atomic mass is 31.2. The third-order valence-corrected chi connectivity index (χ3v) is 3.69. The summed E-state index contributed by atoms with van der Waals surface area (Å²) in [5.74, 6) is -1.69. The van der Waals surface area contributed by atoms with Gasteiger partial charge in [0.25, 0.3) is 0 Å². The maximum absolute atomic E-state index is 11.2. The smallest absolute Gasteiger partial charge is 0.368 e. The van der Waals surface area contributed by atoms with Crippen LogP contribution in [0.2, 0.25) is 0 Å². The van der Waals surface area contributed by atoms with E-state index >= 15 is 0 Å². The summed E-state index contributed by atoms with van der Waals surface area (Å²) in [6.07, 6.45) is 0.0296. The van der Waals surface area contributed by atoms with Gasteiger partial charge < -0.3 is 19.4 Å². The summed E-state index contributed by atoms with van der Waals surface area (Å²) in [5.41, 5.74) is 1.46. The van der Waals surface area contributed by atoms with Crippen LogP contribution in [0, 0.1) is 0 Å². The lowest BCUT2D eigenvalue weighted by molar-refractivity contribution is 0.0600. The normalized spacial score (nSPS) is 18.7. The van der Waals surface area contributed by atoms with Gasteiger partial charge in [-0.25, -0.2) is 4.79 Å². The van der Waals surface area contributed by atoms with Gasteiger partial charge in [0.1, 0.15) is 0 Å². The van der Waals surface area contributed by atoms with E-state index in [9.17, 15) is 9.36 Å². The Kier molecular flexibility index (Phi) is 3.71. The molecule has 2 rings (SSSR count). The SMILES string of the molecule is COC(=O)c1ccc(C2=NOC(P(=O)(O)O)C2)cc1. The van der Waals surface area contributed by atoms with Gasteiger partial charge in [0.15, 0.2) is 0 Å². The van der Waals surface area contributed by atoms with Gasteiger partial charge in [-0.1, -0.05) is 17.3 Å². The molecule has 1 atom stereocenters. The van der Waals surface area contributed by atoms with E-state index in [0.29, 0.717) is 16.8 Å². The van der Waals surface area contributed by atoms with Crippen LogP contribution in [0.3, 0.4) is 0 Å². The van der Waals surface area contributed by atoms with E-state index in [1.807, 2.05) is 0 Å². The lowest BCUT2D eigenvalue weighted by atomic mass is 10.1. The quantitative estimate of drug-likeness (QED) is 0.636. The first-order chi connectivity index (χ1) is 8.91. The van der Waals surface area contributed by atoms with Gasteiger partial charge in [-0.2, -0.15) is 0 Å². The maximum atomic E-state index is 11.2. The Bertz CT molecular complexity index is 561. The monoisotopic (exact) mass is 285 g/mol. The Hall–Kier alpha value is -1.69. The third-order valence-electron chi connectivity index (χ3n) is 2.67. The van der Waals surface area contributed by atoms with Crippen LogP contribution in [0.5, 0.6) is 0 Å². The Labute approximate surface area is 109 Å². The van der Waals surface area contributed by atoms with E-state index in [0.717, 1.165) is 0 Å². The minimum absolute atomic E-state index is 0.0296. The number of hydrogen-bond donors (Lipinski definition) is 2. The average molecular weight is 285 g/mol. The summed E-state index contributed by atoms with van der Waals surface area (Å²) in [4.78, 5) is 33.9. The molecule has 2 N–H and O–H groups in total. The minimum Gasteiger partial charge on any atom is -0.465 e. The van der Waals surface area contributed by atoms with Crippen molar-refractivity contribution in [3.63, 3.8) is 0 Å². The fraction of sp³-hybridized carbons (Fsp3) is 0.273.